The highest BCUT2D eigenvalue weighted by Crippen LogP contribution is 2.13. The summed E-state index contributed by atoms with van der Waals surface area (Å²) in [4.78, 5) is 2.26. The molecule has 0 saturated heterocycles. The molecular weight excluding hydrogens is 158 g/mol. The van der Waals surface area contributed by atoms with Crippen LogP contribution in [0.4, 0.5) is 0 Å². The van der Waals surface area contributed by atoms with E-state index in [-0.39, 0.29) is 0 Å². The van der Waals surface area contributed by atoms with E-state index < -0.39 is 0 Å². The van der Waals surface area contributed by atoms with Gasteiger partial charge in [-0.2, -0.15) is 0 Å². The Hall–Kier alpha value is -1.50. The lowest BCUT2D eigenvalue weighted by molar-refractivity contribution is 0.552. The van der Waals surface area contributed by atoms with Crippen LogP contribution < -0.4 is 10.4 Å². The molecule has 3 aliphatic heterocycles. The highest BCUT2D eigenvalue weighted by Gasteiger charge is 2.09. The minimum atomic E-state index is 1.13. The van der Waals surface area contributed by atoms with Crippen molar-refractivity contribution in [2.45, 2.75) is 6.42 Å². The van der Waals surface area contributed by atoms with E-state index in [1.54, 1.807) is 0 Å². The quantitative estimate of drug-likeness (QED) is 0.555. The van der Waals surface area contributed by atoms with Gasteiger partial charge >= 0.3 is 0 Å². The number of benzene rings is 1. The molecule has 0 saturated carbocycles. The lowest BCUT2D eigenvalue weighted by Crippen LogP contribution is -2.25. The van der Waals surface area contributed by atoms with Crippen molar-refractivity contribution in [3.05, 3.63) is 47.0 Å². The average Bonchev–Trinajstić information content (AvgIpc) is 2.46. The molecule has 0 radical (unpaired) electrons. The first-order valence-corrected chi connectivity index (χ1v) is 4.67. The summed E-state index contributed by atoms with van der Waals surface area (Å²) >= 11 is 0. The molecule has 64 valence electrons. The van der Waals surface area contributed by atoms with Crippen LogP contribution in [0.15, 0.2) is 36.5 Å². The van der Waals surface area contributed by atoms with Gasteiger partial charge < -0.3 is 4.90 Å². The van der Waals surface area contributed by atoms with Crippen molar-refractivity contribution in [2.75, 3.05) is 6.54 Å². The third-order valence-electron chi connectivity index (χ3n) is 2.72. The molecule has 13 heavy (non-hydrogen) atoms. The molecule has 0 fully saturated rings. The van der Waals surface area contributed by atoms with Crippen molar-refractivity contribution in [1.29, 1.82) is 0 Å². The lowest BCUT2D eigenvalue weighted by atomic mass is 10.1. The fraction of sp³-hybridized carbons (Fsp3) is 0.167. The minimum absolute atomic E-state index is 1.13. The maximum Gasteiger partial charge on any atom is 0.0260 e. The summed E-state index contributed by atoms with van der Waals surface area (Å²) in [5.74, 6) is 0. The van der Waals surface area contributed by atoms with Crippen LogP contribution in [0, 0.1) is 0 Å². The predicted octanol–water partition coefficient (Wildman–Crippen LogP) is 0.808. The summed E-state index contributed by atoms with van der Waals surface area (Å²) in [7, 11) is 0. The van der Waals surface area contributed by atoms with E-state index in [1.807, 2.05) is 0 Å². The van der Waals surface area contributed by atoms with Gasteiger partial charge in [-0.05, 0) is 28.5 Å². The zero-order valence-corrected chi connectivity index (χ0v) is 7.40. The molecule has 1 heteroatoms. The Kier molecular flexibility index (Phi) is 1.33. The SMILES string of the molecule is C1=CN2C=c3ccccc3=C1CC2. The smallest absolute Gasteiger partial charge is 0.0260 e. The fourth-order valence-corrected chi connectivity index (χ4v) is 2.01. The van der Waals surface area contributed by atoms with Crippen LogP contribution in [-0.4, -0.2) is 11.4 Å². The van der Waals surface area contributed by atoms with Gasteiger partial charge in [0.15, 0.2) is 0 Å². The summed E-state index contributed by atoms with van der Waals surface area (Å²) in [5.41, 5.74) is 1.47. The molecule has 4 rings (SSSR count). The first-order chi connectivity index (χ1) is 6.43. The summed E-state index contributed by atoms with van der Waals surface area (Å²) in [6.45, 7) is 1.13. The predicted molar refractivity (Wildman–Crippen MR) is 54.0 cm³/mol. The number of hydrogen-bond acceptors (Lipinski definition) is 1. The van der Waals surface area contributed by atoms with Gasteiger partial charge in [0.1, 0.15) is 0 Å². The maximum atomic E-state index is 2.26. The van der Waals surface area contributed by atoms with Gasteiger partial charge in [0.25, 0.3) is 0 Å². The number of hydrogen-bond donors (Lipinski definition) is 0. The van der Waals surface area contributed by atoms with Crippen molar-refractivity contribution < 1.29 is 0 Å². The van der Waals surface area contributed by atoms with Gasteiger partial charge in [-0.3, -0.25) is 0 Å². The molecule has 1 aromatic rings. The van der Waals surface area contributed by atoms with E-state index >= 15 is 0 Å². The average molecular weight is 169 g/mol. The van der Waals surface area contributed by atoms with E-state index in [0.29, 0.717) is 0 Å². The summed E-state index contributed by atoms with van der Waals surface area (Å²) in [6, 6.07) is 8.60. The Bertz CT molecular complexity index is 482. The molecule has 1 nitrogen and oxygen atoms in total. The van der Waals surface area contributed by atoms with Crippen LogP contribution in [-0.2, 0) is 0 Å². The van der Waals surface area contributed by atoms with Gasteiger partial charge in [0.2, 0.25) is 0 Å². The fourth-order valence-electron chi connectivity index (χ4n) is 2.01. The zero-order chi connectivity index (χ0) is 8.67. The Morgan fingerprint density at radius 1 is 1.15 bits per heavy atom. The summed E-state index contributed by atoms with van der Waals surface area (Å²) < 4.78 is 0. The van der Waals surface area contributed by atoms with E-state index in [2.05, 4.69) is 47.6 Å². The second kappa shape index (κ2) is 2.49. The van der Waals surface area contributed by atoms with Gasteiger partial charge in [-0.1, -0.05) is 24.3 Å². The minimum Gasteiger partial charge on any atom is -0.353 e. The molecule has 0 N–H and O–H groups in total. The monoisotopic (exact) mass is 169 g/mol. The second-order valence-corrected chi connectivity index (χ2v) is 3.55. The first kappa shape index (κ1) is 6.96. The third-order valence-corrected chi connectivity index (χ3v) is 2.72. The van der Waals surface area contributed by atoms with Gasteiger partial charge in [-0.15, -0.1) is 0 Å². The molecular formula is C12H11N. The van der Waals surface area contributed by atoms with Gasteiger partial charge in [0.05, 0.1) is 0 Å². The Morgan fingerprint density at radius 2 is 2.08 bits per heavy atom. The molecule has 0 spiro atoms. The molecule has 1 aromatic carbocycles. The molecule has 0 atom stereocenters. The first-order valence-electron chi connectivity index (χ1n) is 4.67. The van der Waals surface area contributed by atoms with Gasteiger partial charge in [0, 0.05) is 18.9 Å². The molecule has 0 amide bonds. The number of nitrogens with zero attached hydrogens (tertiary/aromatic N) is 1. The van der Waals surface area contributed by atoms with Crippen molar-refractivity contribution in [3.63, 3.8) is 0 Å². The van der Waals surface area contributed by atoms with E-state index in [9.17, 15) is 0 Å². The second-order valence-electron chi connectivity index (χ2n) is 3.55. The van der Waals surface area contributed by atoms with Crippen molar-refractivity contribution in [2.24, 2.45) is 0 Å². The number of fused-ring (bicyclic) bond motifs is 1. The van der Waals surface area contributed by atoms with E-state index in [4.69, 9.17) is 0 Å². The van der Waals surface area contributed by atoms with Crippen LogP contribution in [0.3, 0.4) is 0 Å². The van der Waals surface area contributed by atoms with Gasteiger partial charge in [-0.25, -0.2) is 0 Å². The standard InChI is InChI=1S/C12H11N/c1-2-4-12-10-5-7-13(8-6-10)9-11(12)3-1/h1-5,7,9H,6,8H2. The lowest BCUT2D eigenvalue weighted by Gasteiger charge is -2.17. The summed E-state index contributed by atoms with van der Waals surface area (Å²) in [5, 5.41) is 2.75. The van der Waals surface area contributed by atoms with E-state index in [0.717, 1.165) is 6.54 Å². The molecule has 3 aliphatic rings. The van der Waals surface area contributed by atoms with Crippen molar-refractivity contribution in [1.82, 2.24) is 4.90 Å². The van der Waals surface area contributed by atoms with Crippen LogP contribution in [0.25, 0.3) is 11.8 Å². The van der Waals surface area contributed by atoms with Crippen LogP contribution >= 0.6 is 0 Å². The Labute approximate surface area is 77.3 Å². The Morgan fingerprint density at radius 3 is 2.92 bits per heavy atom. The Balaban J connectivity index is 2.50. The highest BCUT2D eigenvalue weighted by molar-refractivity contribution is 5.61. The maximum absolute atomic E-state index is 2.26. The largest absolute Gasteiger partial charge is 0.353 e. The van der Waals surface area contributed by atoms with E-state index in [1.165, 1.54) is 22.4 Å². The molecule has 0 aliphatic carbocycles. The zero-order valence-electron chi connectivity index (χ0n) is 7.40. The van der Waals surface area contributed by atoms with Crippen LogP contribution in [0.2, 0.25) is 0 Å². The van der Waals surface area contributed by atoms with Crippen molar-refractivity contribution in [3.8, 4) is 0 Å². The number of allylic oxidation sites excluding steroid dienone is 1. The number of rotatable bonds is 0. The molecule has 0 unspecified atom stereocenters. The molecule has 0 aromatic heterocycles. The normalized spacial score (nSPS) is 18.2. The van der Waals surface area contributed by atoms with Crippen molar-refractivity contribution >= 4 is 11.8 Å². The molecule has 3 heterocycles. The van der Waals surface area contributed by atoms with Crippen LogP contribution in [0.5, 0.6) is 0 Å². The third kappa shape index (κ3) is 1.00. The topological polar surface area (TPSA) is 3.24 Å². The molecule has 2 bridgehead atoms. The van der Waals surface area contributed by atoms with Crippen LogP contribution in [0.1, 0.15) is 6.42 Å². The highest BCUT2D eigenvalue weighted by atomic mass is 15.1. The summed E-state index contributed by atoms with van der Waals surface area (Å²) in [6.07, 6.45) is 7.79.